The molecule has 1 aromatic rings. The van der Waals surface area contributed by atoms with Crippen LogP contribution in [-0.4, -0.2) is 70.1 Å². The van der Waals surface area contributed by atoms with Gasteiger partial charge in [-0.1, -0.05) is 0 Å². The summed E-state index contributed by atoms with van der Waals surface area (Å²) in [5.41, 5.74) is 0. The summed E-state index contributed by atoms with van der Waals surface area (Å²) in [4.78, 5) is 13.6. The first-order chi connectivity index (χ1) is 9.43. The Hall–Kier alpha value is -0.460. The maximum absolute atomic E-state index is 4.34. The van der Waals surface area contributed by atoms with E-state index >= 15 is 0 Å². The first-order valence-electron chi connectivity index (χ1n) is 6.85. The molecule has 0 amide bonds. The summed E-state index contributed by atoms with van der Waals surface area (Å²) >= 11 is 4.23. The van der Waals surface area contributed by atoms with Gasteiger partial charge >= 0.3 is 0 Å². The van der Waals surface area contributed by atoms with E-state index in [1.165, 1.54) is 23.0 Å². The zero-order valence-corrected chi connectivity index (χ0v) is 12.7. The van der Waals surface area contributed by atoms with E-state index < -0.39 is 0 Å². The van der Waals surface area contributed by atoms with Crippen molar-refractivity contribution < 1.29 is 0 Å². The van der Waals surface area contributed by atoms with Crippen LogP contribution in [-0.2, 0) is 0 Å². The first kappa shape index (κ1) is 13.5. The van der Waals surface area contributed by atoms with Crippen molar-refractivity contribution >= 4 is 29.5 Å². The fraction of sp³-hybridized carbons (Fsp3) is 0.692. The molecule has 0 N–H and O–H groups in total. The molecule has 2 aliphatic heterocycles. The molecule has 3 heterocycles. The SMILES string of the molecule is c1cnc(N2CCN(C3CSCCSC3)CC2)nc1. The van der Waals surface area contributed by atoms with E-state index in [2.05, 4.69) is 43.3 Å². The Kier molecular flexibility index (Phi) is 4.85. The molecule has 0 unspecified atom stereocenters. The van der Waals surface area contributed by atoms with Crippen LogP contribution in [0.5, 0.6) is 0 Å². The number of rotatable bonds is 2. The second-order valence-electron chi connectivity index (χ2n) is 4.88. The van der Waals surface area contributed by atoms with Crippen LogP contribution in [0.1, 0.15) is 0 Å². The van der Waals surface area contributed by atoms with Crippen LogP contribution < -0.4 is 4.90 Å². The number of piperazine rings is 1. The Morgan fingerprint density at radius 1 is 0.947 bits per heavy atom. The molecular formula is C13H20N4S2. The lowest BCUT2D eigenvalue weighted by atomic mass is 10.2. The van der Waals surface area contributed by atoms with Gasteiger partial charge in [-0.05, 0) is 6.07 Å². The number of anilines is 1. The molecule has 2 fully saturated rings. The van der Waals surface area contributed by atoms with Gasteiger partial charge < -0.3 is 4.90 Å². The van der Waals surface area contributed by atoms with Crippen molar-refractivity contribution in [3.05, 3.63) is 18.5 Å². The van der Waals surface area contributed by atoms with Crippen molar-refractivity contribution in [2.24, 2.45) is 0 Å². The van der Waals surface area contributed by atoms with Crippen molar-refractivity contribution in [2.75, 3.05) is 54.1 Å². The summed E-state index contributed by atoms with van der Waals surface area (Å²) < 4.78 is 0. The molecule has 3 rings (SSSR count). The lowest BCUT2D eigenvalue weighted by Crippen LogP contribution is -2.52. The zero-order valence-electron chi connectivity index (χ0n) is 11.1. The number of hydrogen-bond acceptors (Lipinski definition) is 6. The summed E-state index contributed by atoms with van der Waals surface area (Å²) in [7, 11) is 0. The van der Waals surface area contributed by atoms with Gasteiger partial charge in [-0.15, -0.1) is 0 Å². The van der Waals surface area contributed by atoms with Gasteiger partial charge in [0.15, 0.2) is 0 Å². The van der Waals surface area contributed by atoms with Crippen LogP contribution in [0.2, 0.25) is 0 Å². The minimum atomic E-state index is 0.761. The van der Waals surface area contributed by atoms with Gasteiger partial charge in [0.05, 0.1) is 0 Å². The van der Waals surface area contributed by atoms with Gasteiger partial charge in [0.1, 0.15) is 0 Å². The molecule has 19 heavy (non-hydrogen) atoms. The van der Waals surface area contributed by atoms with Crippen molar-refractivity contribution in [3.63, 3.8) is 0 Å². The molecule has 0 aromatic carbocycles. The minimum absolute atomic E-state index is 0.761. The average Bonchev–Trinajstić information content (AvgIpc) is 2.77. The topological polar surface area (TPSA) is 32.3 Å². The van der Waals surface area contributed by atoms with Gasteiger partial charge in [0.25, 0.3) is 0 Å². The highest BCUT2D eigenvalue weighted by atomic mass is 32.2. The second-order valence-corrected chi connectivity index (χ2v) is 7.18. The maximum Gasteiger partial charge on any atom is 0.225 e. The van der Waals surface area contributed by atoms with Gasteiger partial charge in [-0.3, -0.25) is 4.90 Å². The van der Waals surface area contributed by atoms with E-state index in [4.69, 9.17) is 0 Å². The summed E-state index contributed by atoms with van der Waals surface area (Å²) in [6, 6.07) is 2.64. The Balaban J connectivity index is 1.54. The predicted molar refractivity (Wildman–Crippen MR) is 84.3 cm³/mol. The smallest absolute Gasteiger partial charge is 0.225 e. The summed E-state index contributed by atoms with van der Waals surface area (Å²) in [5.74, 6) is 6.12. The fourth-order valence-corrected chi connectivity index (χ4v) is 5.18. The summed E-state index contributed by atoms with van der Waals surface area (Å²) in [5, 5.41) is 0. The van der Waals surface area contributed by atoms with E-state index in [-0.39, 0.29) is 0 Å². The van der Waals surface area contributed by atoms with Gasteiger partial charge in [0, 0.05) is 67.6 Å². The molecule has 0 spiro atoms. The summed E-state index contributed by atoms with van der Waals surface area (Å²) in [6.07, 6.45) is 3.65. The van der Waals surface area contributed by atoms with Crippen molar-refractivity contribution in [3.8, 4) is 0 Å². The molecule has 2 saturated heterocycles. The summed E-state index contributed by atoms with van der Waals surface area (Å²) in [6.45, 7) is 4.39. The van der Waals surface area contributed by atoms with E-state index in [9.17, 15) is 0 Å². The third-order valence-corrected chi connectivity index (χ3v) is 6.14. The highest BCUT2D eigenvalue weighted by Gasteiger charge is 2.25. The molecule has 0 atom stereocenters. The van der Waals surface area contributed by atoms with Crippen LogP contribution >= 0.6 is 23.5 Å². The second kappa shape index (κ2) is 6.81. The number of hydrogen-bond donors (Lipinski definition) is 0. The van der Waals surface area contributed by atoms with Crippen LogP contribution in [0.4, 0.5) is 5.95 Å². The highest BCUT2D eigenvalue weighted by molar-refractivity contribution is 8.03. The number of nitrogens with zero attached hydrogens (tertiary/aromatic N) is 4. The largest absolute Gasteiger partial charge is 0.338 e. The third kappa shape index (κ3) is 3.55. The molecular weight excluding hydrogens is 276 g/mol. The Bertz CT molecular complexity index is 373. The minimum Gasteiger partial charge on any atom is -0.338 e. The van der Waals surface area contributed by atoms with Gasteiger partial charge in [-0.2, -0.15) is 23.5 Å². The van der Waals surface area contributed by atoms with Crippen LogP contribution in [0.15, 0.2) is 18.5 Å². The van der Waals surface area contributed by atoms with Crippen molar-refractivity contribution in [1.82, 2.24) is 14.9 Å². The lowest BCUT2D eigenvalue weighted by molar-refractivity contribution is 0.215. The Labute approximate surface area is 123 Å². The predicted octanol–water partition coefficient (Wildman–Crippen LogP) is 1.45. The highest BCUT2D eigenvalue weighted by Crippen LogP contribution is 2.22. The molecule has 0 bridgehead atoms. The fourth-order valence-electron chi connectivity index (χ4n) is 2.56. The molecule has 6 heteroatoms. The standard InChI is InChI=1S/C13H20N4S2/c1-2-14-13(15-3-1)17-6-4-16(5-7-17)12-10-18-8-9-19-11-12/h1-3,12H,4-11H2. The Morgan fingerprint density at radius 2 is 1.58 bits per heavy atom. The molecule has 0 saturated carbocycles. The molecule has 104 valence electrons. The van der Waals surface area contributed by atoms with Crippen LogP contribution in [0.3, 0.4) is 0 Å². The molecule has 1 aromatic heterocycles. The van der Waals surface area contributed by atoms with Crippen LogP contribution in [0.25, 0.3) is 0 Å². The maximum atomic E-state index is 4.34. The monoisotopic (exact) mass is 296 g/mol. The average molecular weight is 296 g/mol. The van der Waals surface area contributed by atoms with E-state index in [1.54, 1.807) is 0 Å². The number of thioether (sulfide) groups is 2. The van der Waals surface area contributed by atoms with Crippen LogP contribution in [0, 0.1) is 0 Å². The quantitative estimate of drug-likeness (QED) is 0.821. The molecule has 2 aliphatic rings. The van der Waals surface area contributed by atoms with E-state index in [1.807, 2.05) is 18.5 Å². The van der Waals surface area contributed by atoms with E-state index in [0.29, 0.717) is 0 Å². The van der Waals surface area contributed by atoms with Gasteiger partial charge in [-0.25, -0.2) is 9.97 Å². The Morgan fingerprint density at radius 3 is 2.21 bits per heavy atom. The van der Waals surface area contributed by atoms with Gasteiger partial charge in [0.2, 0.25) is 5.95 Å². The van der Waals surface area contributed by atoms with E-state index in [0.717, 1.165) is 38.2 Å². The lowest BCUT2D eigenvalue weighted by Gasteiger charge is -2.38. The first-order valence-corrected chi connectivity index (χ1v) is 9.16. The van der Waals surface area contributed by atoms with Crippen molar-refractivity contribution in [1.29, 1.82) is 0 Å². The molecule has 4 nitrogen and oxygen atoms in total. The zero-order chi connectivity index (χ0) is 12.9. The molecule has 0 aliphatic carbocycles. The molecule has 0 radical (unpaired) electrons. The third-order valence-electron chi connectivity index (χ3n) is 3.66. The number of aromatic nitrogens is 2. The normalized spacial score (nSPS) is 23.3. The van der Waals surface area contributed by atoms with Crippen molar-refractivity contribution in [2.45, 2.75) is 6.04 Å².